The maximum Gasteiger partial charge on any atom is 0.0474 e. The van der Waals surface area contributed by atoms with E-state index in [1.54, 1.807) is 0 Å². The van der Waals surface area contributed by atoms with E-state index >= 15 is 0 Å². The summed E-state index contributed by atoms with van der Waals surface area (Å²) in [5.41, 5.74) is 2.37. The number of benzene rings is 1. The monoisotopic (exact) mass is 297 g/mol. The van der Waals surface area contributed by atoms with Crippen molar-refractivity contribution in [2.75, 3.05) is 45.7 Å². The predicted molar refractivity (Wildman–Crippen MR) is 90.0 cm³/mol. The van der Waals surface area contributed by atoms with E-state index in [0.29, 0.717) is 0 Å². The second kappa shape index (κ2) is 8.50. The van der Waals surface area contributed by atoms with Gasteiger partial charge in [-0.2, -0.15) is 0 Å². The molecule has 1 rings (SSSR count). The number of hydrogen-bond donors (Lipinski definition) is 1. The molecule has 0 saturated heterocycles. The molecule has 1 aromatic rings. The molecule has 0 aromatic heterocycles. The number of rotatable bonds is 8. The Hall–Kier alpha value is -0.770. The van der Waals surface area contributed by atoms with E-state index in [-0.39, 0.29) is 6.04 Å². The van der Waals surface area contributed by atoms with Gasteiger partial charge in [0, 0.05) is 29.8 Å². The maximum absolute atomic E-state index is 6.41. The lowest BCUT2D eigenvalue weighted by atomic mass is 10.1. The van der Waals surface area contributed by atoms with Crippen molar-refractivity contribution >= 4 is 17.3 Å². The van der Waals surface area contributed by atoms with Gasteiger partial charge in [-0.05, 0) is 65.7 Å². The third kappa shape index (κ3) is 4.97. The van der Waals surface area contributed by atoms with Crippen LogP contribution in [0.4, 0.5) is 5.69 Å². The van der Waals surface area contributed by atoms with Crippen molar-refractivity contribution in [2.24, 2.45) is 0 Å². The highest BCUT2D eigenvalue weighted by molar-refractivity contribution is 6.31. The SMILES string of the molecule is CCN(CCCN(C)C)c1ccc(C(C)NC)c(Cl)c1. The fraction of sp³-hybridized carbons (Fsp3) is 0.625. The molecule has 1 unspecified atom stereocenters. The first-order valence-corrected chi connectivity index (χ1v) is 7.73. The summed E-state index contributed by atoms with van der Waals surface area (Å²) in [7, 11) is 6.18. The third-order valence-electron chi connectivity index (χ3n) is 3.66. The van der Waals surface area contributed by atoms with Crippen molar-refractivity contribution < 1.29 is 0 Å². The highest BCUT2D eigenvalue weighted by Crippen LogP contribution is 2.27. The van der Waals surface area contributed by atoms with Crippen molar-refractivity contribution in [1.82, 2.24) is 10.2 Å². The van der Waals surface area contributed by atoms with Gasteiger partial charge in [-0.25, -0.2) is 0 Å². The largest absolute Gasteiger partial charge is 0.372 e. The molecule has 0 aliphatic heterocycles. The van der Waals surface area contributed by atoms with E-state index in [9.17, 15) is 0 Å². The Labute approximate surface area is 128 Å². The lowest BCUT2D eigenvalue weighted by Gasteiger charge is -2.25. The smallest absolute Gasteiger partial charge is 0.0474 e. The van der Waals surface area contributed by atoms with Gasteiger partial charge in [0.05, 0.1) is 0 Å². The molecule has 0 radical (unpaired) electrons. The minimum atomic E-state index is 0.278. The maximum atomic E-state index is 6.41. The molecule has 0 bridgehead atoms. The first kappa shape index (κ1) is 17.3. The molecule has 3 nitrogen and oxygen atoms in total. The van der Waals surface area contributed by atoms with Crippen LogP contribution in [0.15, 0.2) is 18.2 Å². The van der Waals surface area contributed by atoms with Gasteiger partial charge in [-0.3, -0.25) is 0 Å². The zero-order chi connectivity index (χ0) is 15.1. The minimum Gasteiger partial charge on any atom is -0.372 e. The highest BCUT2D eigenvalue weighted by Gasteiger charge is 2.11. The Kier molecular flexibility index (Phi) is 7.35. The fourth-order valence-corrected chi connectivity index (χ4v) is 2.61. The molecule has 4 heteroatoms. The van der Waals surface area contributed by atoms with Crippen LogP contribution in [0.1, 0.15) is 31.9 Å². The van der Waals surface area contributed by atoms with Crippen LogP contribution < -0.4 is 10.2 Å². The molecule has 0 fully saturated rings. The van der Waals surface area contributed by atoms with Crippen LogP contribution in [-0.2, 0) is 0 Å². The topological polar surface area (TPSA) is 18.5 Å². The van der Waals surface area contributed by atoms with E-state index in [2.05, 4.69) is 61.3 Å². The van der Waals surface area contributed by atoms with Crippen LogP contribution in [0.5, 0.6) is 0 Å². The van der Waals surface area contributed by atoms with Gasteiger partial charge in [-0.15, -0.1) is 0 Å². The van der Waals surface area contributed by atoms with Crippen LogP contribution >= 0.6 is 11.6 Å². The van der Waals surface area contributed by atoms with Crippen LogP contribution in [0, 0.1) is 0 Å². The highest BCUT2D eigenvalue weighted by atomic mass is 35.5. The Morgan fingerprint density at radius 1 is 1.25 bits per heavy atom. The molecule has 0 aliphatic carbocycles. The van der Waals surface area contributed by atoms with E-state index < -0.39 is 0 Å². The Bertz CT molecular complexity index is 407. The van der Waals surface area contributed by atoms with Gasteiger partial charge in [0.15, 0.2) is 0 Å². The summed E-state index contributed by atoms with van der Waals surface area (Å²) in [6, 6.07) is 6.67. The first-order chi connectivity index (χ1) is 9.49. The summed E-state index contributed by atoms with van der Waals surface area (Å²) in [6.07, 6.45) is 1.16. The molecule has 0 saturated carbocycles. The van der Waals surface area contributed by atoms with E-state index in [0.717, 1.165) is 36.6 Å². The van der Waals surface area contributed by atoms with E-state index in [1.807, 2.05) is 7.05 Å². The van der Waals surface area contributed by atoms with Gasteiger partial charge in [0.2, 0.25) is 0 Å². The zero-order valence-electron chi connectivity index (χ0n) is 13.4. The van der Waals surface area contributed by atoms with E-state index in [4.69, 9.17) is 11.6 Å². The quantitative estimate of drug-likeness (QED) is 0.793. The van der Waals surface area contributed by atoms with E-state index in [1.165, 1.54) is 5.69 Å². The summed E-state index contributed by atoms with van der Waals surface area (Å²) in [5.74, 6) is 0. The normalized spacial score (nSPS) is 12.8. The van der Waals surface area contributed by atoms with Gasteiger partial charge >= 0.3 is 0 Å². The average Bonchev–Trinajstić information content (AvgIpc) is 2.42. The minimum absolute atomic E-state index is 0.278. The van der Waals surface area contributed by atoms with Crippen molar-refractivity contribution in [3.05, 3.63) is 28.8 Å². The molecule has 0 heterocycles. The molecular weight excluding hydrogens is 270 g/mol. The molecule has 0 aliphatic rings. The standard InChI is InChI=1S/C16H28ClN3/c1-6-20(11-7-10-19(4)5)14-8-9-15(13(2)18-3)16(17)12-14/h8-9,12-13,18H,6-7,10-11H2,1-5H3. The van der Waals surface area contributed by atoms with Crippen molar-refractivity contribution in [3.8, 4) is 0 Å². The van der Waals surface area contributed by atoms with Crippen LogP contribution in [0.2, 0.25) is 5.02 Å². The molecule has 0 spiro atoms. The second-order valence-electron chi connectivity index (χ2n) is 5.45. The van der Waals surface area contributed by atoms with Crippen LogP contribution in [-0.4, -0.2) is 45.7 Å². The molecular formula is C16H28ClN3. The van der Waals surface area contributed by atoms with Gasteiger partial charge in [0.1, 0.15) is 0 Å². The Morgan fingerprint density at radius 3 is 2.45 bits per heavy atom. The lowest BCUT2D eigenvalue weighted by Crippen LogP contribution is -2.27. The summed E-state index contributed by atoms with van der Waals surface area (Å²) in [4.78, 5) is 4.60. The average molecular weight is 298 g/mol. The van der Waals surface area contributed by atoms with Gasteiger partial charge in [-0.1, -0.05) is 17.7 Å². The molecule has 1 atom stereocenters. The molecule has 0 amide bonds. The van der Waals surface area contributed by atoms with Crippen LogP contribution in [0.25, 0.3) is 0 Å². The van der Waals surface area contributed by atoms with Gasteiger partial charge < -0.3 is 15.1 Å². The number of nitrogens with one attached hydrogen (secondary N) is 1. The summed E-state index contributed by atoms with van der Waals surface area (Å²) in [6.45, 7) is 7.49. The summed E-state index contributed by atoms with van der Waals surface area (Å²) >= 11 is 6.41. The summed E-state index contributed by atoms with van der Waals surface area (Å²) < 4.78 is 0. The third-order valence-corrected chi connectivity index (χ3v) is 3.99. The number of hydrogen-bond acceptors (Lipinski definition) is 3. The number of anilines is 1. The van der Waals surface area contributed by atoms with Gasteiger partial charge in [0.25, 0.3) is 0 Å². The predicted octanol–water partition coefficient (Wildman–Crippen LogP) is 3.40. The Balaban J connectivity index is 2.75. The molecule has 1 aromatic carbocycles. The molecule has 1 N–H and O–H groups in total. The number of halogens is 1. The first-order valence-electron chi connectivity index (χ1n) is 7.36. The van der Waals surface area contributed by atoms with Crippen molar-refractivity contribution in [3.63, 3.8) is 0 Å². The van der Waals surface area contributed by atoms with Crippen molar-refractivity contribution in [1.29, 1.82) is 0 Å². The zero-order valence-corrected chi connectivity index (χ0v) is 14.2. The molecule has 114 valence electrons. The second-order valence-corrected chi connectivity index (χ2v) is 5.86. The van der Waals surface area contributed by atoms with Crippen molar-refractivity contribution in [2.45, 2.75) is 26.3 Å². The lowest BCUT2D eigenvalue weighted by molar-refractivity contribution is 0.400. The summed E-state index contributed by atoms with van der Waals surface area (Å²) in [5, 5.41) is 4.07. The fourth-order valence-electron chi connectivity index (χ4n) is 2.27. The number of nitrogens with zero attached hydrogens (tertiary/aromatic N) is 2. The van der Waals surface area contributed by atoms with Crippen LogP contribution in [0.3, 0.4) is 0 Å². The Morgan fingerprint density at radius 2 is 1.95 bits per heavy atom. The molecule has 20 heavy (non-hydrogen) atoms.